The lowest BCUT2D eigenvalue weighted by molar-refractivity contribution is -0.137. The van der Waals surface area contributed by atoms with Crippen molar-refractivity contribution in [2.45, 2.75) is 188 Å². The Morgan fingerprint density at radius 1 is 0.886 bits per heavy atom. The number of hydrogen-bond donors (Lipinski definition) is 2. The molecule has 1 heterocycles. The molecule has 1 saturated heterocycles. The number of nitrogens with one attached hydrogen (secondary N) is 1. The highest BCUT2D eigenvalue weighted by Gasteiger charge is 2.44. The van der Waals surface area contributed by atoms with Crippen LogP contribution in [0.4, 0.5) is 0 Å². The molecule has 44 heavy (non-hydrogen) atoms. The zero-order valence-corrected chi connectivity index (χ0v) is 30.2. The van der Waals surface area contributed by atoms with Crippen LogP contribution >= 0.6 is 0 Å². The molecule has 0 aliphatic carbocycles. The molecule has 2 radical (unpaired) electrons. The maximum Gasteiger partial charge on any atom is 0.303 e. The Labute approximate surface area is 273 Å². The second-order valence-electron chi connectivity index (χ2n) is 11.1. The standard InChI is InChI=1S/C16H30O3.C15H30BNO4.2C2H6/c17-15-13-11-9-7-5-3-1-2-4-6-8-10-12-14-16(18)19;1-6-18-9-12-13(20-10(2)3)14(15(16)21-12)19-8-7-11(4)17-5;2*1-2/h15H,1-14H2,(H,18,19);10-15,17H,6-9H2,1-5H3;2*1-2H3. The minimum Gasteiger partial charge on any atom is -0.481 e. The molecule has 5 atom stereocenters. The zero-order valence-electron chi connectivity index (χ0n) is 30.2. The molecule has 2 N–H and O–H groups in total. The molecular formula is C35H72BNO7. The normalized spacial score (nSPS) is 19.6. The topological polar surface area (TPSA) is 103 Å². The Morgan fingerprint density at radius 3 is 1.82 bits per heavy atom. The quantitative estimate of drug-likeness (QED) is 0.0597. The van der Waals surface area contributed by atoms with Crippen LogP contribution in [0.1, 0.15) is 152 Å². The van der Waals surface area contributed by atoms with E-state index in [2.05, 4.69) is 12.2 Å². The van der Waals surface area contributed by atoms with Gasteiger partial charge in [-0.2, -0.15) is 0 Å². The van der Waals surface area contributed by atoms with E-state index >= 15 is 0 Å². The highest BCUT2D eigenvalue weighted by molar-refractivity contribution is 6.11. The van der Waals surface area contributed by atoms with E-state index in [0.29, 0.717) is 32.3 Å². The molecule has 1 rings (SSSR count). The van der Waals surface area contributed by atoms with Gasteiger partial charge in [0.05, 0.1) is 12.7 Å². The average Bonchev–Trinajstić information content (AvgIpc) is 3.30. The molecular weight excluding hydrogens is 557 g/mol. The van der Waals surface area contributed by atoms with Gasteiger partial charge in [-0.25, -0.2) is 0 Å². The van der Waals surface area contributed by atoms with E-state index in [1.165, 1.54) is 57.8 Å². The summed E-state index contributed by atoms with van der Waals surface area (Å²) >= 11 is 0. The second kappa shape index (κ2) is 36.5. The Morgan fingerprint density at radius 2 is 1.39 bits per heavy atom. The van der Waals surface area contributed by atoms with Gasteiger partial charge in [-0.1, -0.05) is 91.9 Å². The Balaban J connectivity index is -0.000000689. The van der Waals surface area contributed by atoms with Gasteiger partial charge in [-0.3, -0.25) is 4.79 Å². The van der Waals surface area contributed by atoms with Crippen LogP contribution in [0.2, 0.25) is 0 Å². The fourth-order valence-corrected chi connectivity index (χ4v) is 4.59. The van der Waals surface area contributed by atoms with E-state index in [1.807, 2.05) is 55.5 Å². The number of rotatable bonds is 25. The fourth-order valence-electron chi connectivity index (χ4n) is 4.59. The number of ether oxygens (including phenoxy) is 4. The van der Waals surface area contributed by atoms with Gasteiger partial charge in [0.15, 0.2) is 0 Å². The van der Waals surface area contributed by atoms with Crippen molar-refractivity contribution < 1.29 is 33.6 Å². The first-order chi connectivity index (χ1) is 21.3. The lowest BCUT2D eigenvalue weighted by Gasteiger charge is -2.26. The van der Waals surface area contributed by atoms with Crippen molar-refractivity contribution in [3.05, 3.63) is 0 Å². The number of carboxylic acids is 1. The molecule has 1 aliphatic rings. The molecule has 0 aromatic rings. The van der Waals surface area contributed by atoms with Crippen molar-refractivity contribution in [2.24, 2.45) is 0 Å². The van der Waals surface area contributed by atoms with Crippen LogP contribution in [0.5, 0.6) is 0 Å². The van der Waals surface area contributed by atoms with Gasteiger partial charge in [0.25, 0.3) is 0 Å². The molecule has 0 saturated carbocycles. The Bertz CT molecular complexity index is 597. The number of carbonyl (C=O) groups excluding carboxylic acids is 1. The van der Waals surface area contributed by atoms with Gasteiger partial charge in [0.1, 0.15) is 32.4 Å². The summed E-state index contributed by atoms with van der Waals surface area (Å²) < 4.78 is 23.1. The van der Waals surface area contributed by atoms with E-state index in [1.54, 1.807) is 0 Å². The summed E-state index contributed by atoms with van der Waals surface area (Å²) in [6.45, 7) is 17.8. The first-order valence-electron chi connectivity index (χ1n) is 17.8. The van der Waals surface area contributed by atoms with E-state index in [9.17, 15) is 9.59 Å². The van der Waals surface area contributed by atoms with Crippen LogP contribution in [-0.4, -0.2) is 88.5 Å². The largest absolute Gasteiger partial charge is 0.481 e. The summed E-state index contributed by atoms with van der Waals surface area (Å²) in [5.74, 6) is -0.673. The lowest BCUT2D eigenvalue weighted by atomic mass is 9.92. The summed E-state index contributed by atoms with van der Waals surface area (Å²) in [4.78, 5) is 20.4. The fraction of sp³-hybridized carbons (Fsp3) is 0.943. The maximum atomic E-state index is 10.3. The highest BCUT2D eigenvalue weighted by Crippen LogP contribution is 2.27. The first kappa shape index (κ1) is 47.4. The molecule has 0 aromatic heterocycles. The van der Waals surface area contributed by atoms with E-state index in [-0.39, 0.29) is 24.4 Å². The van der Waals surface area contributed by atoms with Crippen molar-refractivity contribution in [3.8, 4) is 0 Å². The molecule has 9 heteroatoms. The van der Waals surface area contributed by atoms with Gasteiger partial charge in [0, 0.05) is 38.1 Å². The van der Waals surface area contributed by atoms with Crippen molar-refractivity contribution in [1.29, 1.82) is 0 Å². The summed E-state index contributed by atoms with van der Waals surface area (Å²) in [5, 5.41) is 11.7. The predicted molar refractivity (Wildman–Crippen MR) is 185 cm³/mol. The van der Waals surface area contributed by atoms with E-state index in [0.717, 1.165) is 38.4 Å². The van der Waals surface area contributed by atoms with Gasteiger partial charge in [0.2, 0.25) is 0 Å². The molecule has 8 nitrogen and oxygen atoms in total. The van der Waals surface area contributed by atoms with Gasteiger partial charge in [-0.15, -0.1) is 0 Å². The van der Waals surface area contributed by atoms with Crippen LogP contribution in [0, 0.1) is 0 Å². The predicted octanol–water partition coefficient (Wildman–Crippen LogP) is 7.88. The van der Waals surface area contributed by atoms with Crippen molar-refractivity contribution in [2.75, 3.05) is 26.9 Å². The third kappa shape index (κ3) is 29.7. The third-order valence-electron chi connectivity index (χ3n) is 7.08. The van der Waals surface area contributed by atoms with Crippen molar-refractivity contribution in [3.63, 3.8) is 0 Å². The van der Waals surface area contributed by atoms with Crippen LogP contribution in [0.25, 0.3) is 0 Å². The number of unbranched alkanes of at least 4 members (excludes halogenated alkanes) is 12. The summed E-state index contributed by atoms with van der Waals surface area (Å²) in [6, 6.07) is -0.0590. The number of carboxylic acid groups (broad SMARTS) is 1. The molecule has 0 bridgehead atoms. The summed E-state index contributed by atoms with van der Waals surface area (Å²) in [6.07, 6.45) is 16.9. The average molecular weight is 630 g/mol. The van der Waals surface area contributed by atoms with Gasteiger partial charge in [-0.05, 0) is 54.0 Å². The minimum absolute atomic E-state index is 0.0929. The Kier molecular flexibility index (Phi) is 39.3. The lowest BCUT2D eigenvalue weighted by Crippen LogP contribution is -2.41. The summed E-state index contributed by atoms with van der Waals surface area (Å²) in [5.41, 5.74) is 0. The second-order valence-corrected chi connectivity index (χ2v) is 11.1. The van der Waals surface area contributed by atoms with Gasteiger partial charge < -0.3 is 34.2 Å². The van der Waals surface area contributed by atoms with E-state index in [4.69, 9.17) is 31.9 Å². The monoisotopic (exact) mass is 630 g/mol. The molecule has 1 aliphatic heterocycles. The van der Waals surface area contributed by atoms with Crippen molar-refractivity contribution >= 4 is 20.1 Å². The highest BCUT2D eigenvalue weighted by atomic mass is 16.6. The first-order valence-corrected chi connectivity index (χ1v) is 17.8. The van der Waals surface area contributed by atoms with Crippen LogP contribution in [0.3, 0.4) is 0 Å². The number of aldehydes is 1. The Hall–Kier alpha value is -0.995. The molecule has 262 valence electrons. The molecule has 0 spiro atoms. The van der Waals surface area contributed by atoms with Crippen LogP contribution in [-0.2, 0) is 28.5 Å². The number of hydrogen-bond acceptors (Lipinski definition) is 7. The smallest absolute Gasteiger partial charge is 0.303 e. The summed E-state index contributed by atoms with van der Waals surface area (Å²) in [7, 11) is 8.00. The maximum absolute atomic E-state index is 10.3. The molecule has 0 aromatic carbocycles. The van der Waals surface area contributed by atoms with E-state index < -0.39 is 12.0 Å². The molecule has 0 amide bonds. The number of aliphatic carboxylic acids is 1. The van der Waals surface area contributed by atoms with Crippen LogP contribution < -0.4 is 5.32 Å². The zero-order chi connectivity index (χ0) is 34.0. The van der Waals surface area contributed by atoms with Crippen LogP contribution in [0.15, 0.2) is 0 Å². The molecule has 5 unspecified atom stereocenters. The SMILES string of the molecule is CC.CC.O=CCCCCCCCCCCCCCCC(=O)O.[B]C1OC(COCC)C(OC(C)C)C1OCCC(C)NC. The molecule has 1 fully saturated rings. The third-order valence-corrected chi connectivity index (χ3v) is 7.08. The minimum atomic E-state index is -0.673. The van der Waals surface area contributed by atoms with Gasteiger partial charge >= 0.3 is 5.97 Å². The van der Waals surface area contributed by atoms with Crippen molar-refractivity contribution in [1.82, 2.24) is 5.32 Å². The number of carbonyl (C=O) groups is 2.